The number of pyridine rings is 4. The Bertz CT molecular complexity index is 2150. The van der Waals surface area contributed by atoms with Crippen molar-refractivity contribution in [3.63, 3.8) is 0 Å². The Morgan fingerprint density at radius 1 is 0.395 bits per heavy atom. The zero-order valence-electron chi connectivity index (χ0n) is 23.2. The molecule has 0 unspecified atom stereocenters. The molecule has 4 aromatic heterocycles. The molecule has 0 spiro atoms. The van der Waals surface area contributed by atoms with Gasteiger partial charge in [0.2, 0.25) is 0 Å². The third-order valence-electron chi connectivity index (χ3n) is 7.03. The summed E-state index contributed by atoms with van der Waals surface area (Å²) >= 11 is 0. The van der Waals surface area contributed by atoms with Crippen molar-refractivity contribution in [2.45, 2.75) is 0 Å². The molecule has 0 amide bonds. The Labute approximate surface area is 260 Å². The van der Waals surface area contributed by atoms with Gasteiger partial charge in [-0.3, -0.25) is 9.97 Å². The van der Waals surface area contributed by atoms with E-state index in [0.717, 1.165) is 43.1 Å². The molecular weight excluding hydrogens is 582 g/mol. The molecular formula is C36H24N6Zn. The van der Waals surface area contributed by atoms with Crippen LogP contribution in [0.2, 0.25) is 0 Å². The standard InChI is InChI=1S/2C18H12N3.Zn/c2*1-3-7-15-13(5-1)9-11-19-17(15)21-18-16-8-4-2-6-14(16)10-12-20-18;/h2*1-12H;/q2*-1;+2. The maximum Gasteiger partial charge on any atom is 2.00 e. The summed E-state index contributed by atoms with van der Waals surface area (Å²) in [6.45, 7) is 0. The monoisotopic (exact) mass is 604 g/mol. The summed E-state index contributed by atoms with van der Waals surface area (Å²) < 4.78 is 0. The number of hydrogen-bond donors (Lipinski definition) is 0. The normalized spacial score (nSPS) is 11.8. The van der Waals surface area contributed by atoms with Crippen LogP contribution in [0.25, 0.3) is 43.1 Å². The summed E-state index contributed by atoms with van der Waals surface area (Å²) in [5.74, 6) is 1.41. The first-order valence-electron chi connectivity index (χ1n) is 13.6. The van der Waals surface area contributed by atoms with Crippen LogP contribution in [0.1, 0.15) is 0 Å². The minimum absolute atomic E-state index is 0. The van der Waals surface area contributed by atoms with E-state index in [1.807, 2.05) is 97.1 Å². The van der Waals surface area contributed by atoms with Crippen LogP contribution >= 0.6 is 0 Å². The van der Waals surface area contributed by atoms with Crippen molar-refractivity contribution in [3.05, 3.63) is 157 Å². The average molecular weight is 606 g/mol. The fourth-order valence-corrected chi connectivity index (χ4v) is 4.97. The summed E-state index contributed by atoms with van der Waals surface area (Å²) in [7, 11) is 0. The fourth-order valence-electron chi connectivity index (χ4n) is 4.97. The van der Waals surface area contributed by atoms with Crippen LogP contribution in [0, 0.1) is 0 Å². The van der Waals surface area contributed by atoms with Crippen molar-refractivity contribution >= 4 is 54.7 Å². The second-order valence-electron chi connectivity index (χ2n) is 9.65. The molecule has 0 fully saturated rings. The third kappa shape index (κ3) is 5.89. The molecule has 43 heavy (non-hydrogen) atoms. The molecule has 4 aromatic carbocycles. The van der Waals surface area contributed by atoms with E-state index in [1.165, 1.54) is 0 Å². The van der Waals surface area contributed by atoms with Gasteiger partial charge in [-0.05, 0) is 55.4 Å². The van der Waals surface area contributed by atoms with E-state index in [2.05, 4.69) is 54.2 Å². The second-order valence-corrected chi connectivity index (χ2v) is 9.65. The van der Waals surface area contributed by atoms with Crippen LogP contribution in [0.3, 0.4) is 0 Å². The van der Waals surface area contributed by atoms with Crippen molar-refractivity contribution in [1.29, 1.82) is 0 Å². The van der Waals surface area contributed by atoms with Crippen LogP contribution in [-0.4, -0.2) is 9.97 Å². The Kier molecular flexibility index (Phi) is 8.25. The van der Waals surface area contributed by atoms with E-state index < -0.39 is 0 Å². The molecule has 8 aromatic rings. The van der Waals surface area contributed by atoms with Gasteiger partial charge in [-0.1, -0.05) is 122 Å². The number of benzene rings is 4. The van der Waals surface area contributed by atoms with Gasteiger partial charge in [-0.15, -0.1) is 0 Å². The molecule has 6 nitrogen and oxygen atoms in total. The first-order valence-corrected chi connectivity index (χ1v) is 13.6. The molecule has 0 aliphatic rings. The van der Waals surface area contributed by atoms with E-state index in [9.17, 15) is 0 Å². The van der Waals surface area contributed by atoms with Crippen LogP contribution in [0.15, 0.2) is 156 Å². The molecule has 0 saturated carbocycles. The molecule has 0 atom stereocenters. The predicted molar refractivity (Wildman–Crippen MR) is 168 cm³/mol. The van der Waals surface area contributed by atoms with Gasteiger partial charge in [0.1, 0.15) is 0 Å². The van der Waals surface area contributed by atoms with Gasteiger partial charge in [0.25, 0.3) is 0 Å². The van der Waals surface area contributed by atoms with Crippen LogP contribution in [-0.2, 0) is 19.5 Å². The first-order chi connectivity index (χ1) is 20.8. The van der Waals surface area contributed by atoms with Gasteiger partial charge in [-0.2, -0.15) is 0 Å². The van der Waals surface area contributed by atoms with Crippen molar-refractivity contribution in [3.8, 4) is 0 Å². The van der Waals surface area contributed by atoms with Crippen molar-refractivity contribution in [2.75, 3.05) is 0 Å². The van der Waals surface area contributed by atoms with Gasteiger partial charge in [0, 0.05) is 23.2 Å². The molecule has 0 bridgehead atoms. The SMILES string of the molecule is [Zn+2].c1ccc2c(N=c3[n-]ccc4ccccc34)nccc2c1.c1ccc2c(N=c3[n-]ccc4ccccc34)nccc2c1. The van der Waals surface area contributed by atoms with Gasteiger partial charge in [0.15, 0.2) is 0 Å². The molecule has 0 aliphatic heterocycles. The zero-order chi connectivity index (χ0) is 28.1. The minimum atomic E-state index is 0. The van der Waals surface area contributed by atoms with Crippen molar-refractivity contribution in [1.82, 2.24) is 19.9 Å². The predicted octanol–water partition coefficient (Wildman–Crippen LogP) is 7.15. The quantitative estimate of drug-likeness (QED) is 0.196. The molecule has 200 valence electrons. The van der Waals surface area contributed by atoms with Crippen molar-refractivity contribution in [2.24, 2.45) is 9.98 Å². The molecule has 7 heteroatoms. The number of fused-ring (bicyclic) bond motifs is 4. The number of hydrogen-bond acceptors (Lipinski definition) is 4. The summed E-state index contributed by atoms with van der Waals surface area (Å²) in [5.41, 5.74) is 1.41. The Morgan fingerprint density at radius 3 is 1.16 bits per heavy atom. The van der Waals surface area contributed by atoms with E-state index in [4.69, 9.17) is 0 Å². The third-order valence-corrected chi connectivity index (χ3v) is 7.03. The second kappa shape index (κ2) is 12.7. The molecule has 8 rings (SSSR count). The number of nitrogens with zero attached hydrogens (tertiary/aromatic N) is 6. The van der Waals surface area contributed by atoms with Crippen molar-refractivity contribution < 1.29 is 19.5 Å². The van der Waals surface area contributed by atoms with Gasteiger partial charge in [-0.25, -0.2) is 0 Å². The Morgan fingerprint density at radius 2 is 0.744 bits per heavy atom. The fraction of sp³-hybridized carbons (Fsp3) is 0. The summed E-state index contributed by atoms with van der Waals surface area (Å²) in [6, 6.07) is 40.4. The number of aromatic nitrogens is 4. The van der Waals surface area contributed by atoms with Gasteiger partial charge < -0.3 is 20.0 Å². The van der Waals surface area contributed by atoms with Gasteiger partial charge in [0.05, 0.1) is 11.6 Å². The minimum Gasteiger partial charge on any atom is -0.442 e. The summed E-state index contributed by atoms with van der Waals surface area (Å²) in [5, 5.41) is 8.67. The van der Waals surface area contributed by atoms with Crippen LogP contribution in [0.5, 0.6) is 0 Å². The van der Waals surface area contributed by atoms with Crippen LogP contribution in [0.4, 0.5) is 11.6 Å². The molecule has 0 radical (unpaired) electrons. The summed E-state index contributed by atoms with van der Waals surface area (Å²) in [4.78, 5) is 27.0. The number of rotatable bonds is 2. The molecule has 4 heterocycles. The Balaban J connectivity index is 0.000000150. The van der Waals surface area contributed by atoms with E-state index in [1.54, 1.807) is 24.8 Å². The van der Waals surface area contributed by atoms with E-state index in [-0.39, 0.29) is 19.5 Å². The first kappa shape index (κ1) is 27.9. The summed E-state index contributed by atoms with van der Waals surface area (Å²) in [6.07, 6.45) is 7.14. The molecule has 0 saturated heterocycles. The largest absolute Gasteiger partial charge is 2.00 e. The average Bonchev–Trinajstić information content (AvgIpc) is 3.06. The Hall–Kier alpha value is -5.26. The molecule has 0 aliphatic carbocycles. The van der Waals surface area contributed by atoms with E-state index in [0.29, 0.717) is 22.6 Å². The maximum absolute atomic E-state index is 4.68. The van der Waals surface area contributed by atoms with Gasteiger partial charge >= 0.3 is 19.5 Å². The maximum atomic E-state index is 4.68. The van der Waals surface area contributed by atoms with Crippen LogP contribution < -0.4 is 20.9 Å². The molecule has 0 N–H and O–H groups in total. The zero-order valence-corrected chi connectivity index (χ0v) is 26.2. The smallest absolute Gasteiger partial charge is 0.442 e. The topological polar surface area (TPSA) is 78.7 Å². The van der Waals surface area contributed by atoms with E-state index >= 15 is 0 Å².